The summed E-state index contributed by atoms with van der Waals surface area (Å²) in [5, 5.41) is 6.84. The molecule has 2 fully saturated rings. The first-order valence-electron chi connectivity index (χ1n) is 10.5. The van der Waals surface area contributed by atoms with E-state index >= 15 is 0 Å². The first kappa shape index (κ1) is 22.4. The molecule has 1 aliphatic heterocycles. The predicted octanol–water partition coefficient (Wildman–Crippen LogP) is 1.67. The second-order valence-corrected chi connectivity index (χ2v) is 10.4. The molecule has 0 amide bonds. The Hall–Kier alpha value is -0.860. The molecule has 2 rings (SSSR count). The monoisotopic (exact) mass is 401 g/mol. The molecule has 0 atom stereocenters. The Balaban J connectivity index is 1.85. The highest BCUT2D eigenvalue weighted by atomic mass is 32.2. The Kier molecular flexibility index (Phi) is 8.37. The maximum atomic E-state index is 11.5. The average Bonchev–Trinajstić information content (AvgIpc) is 2.59. The van der Waals surface area contributed by atoms with Gasteiger partial charge in [0.05, 0.1) is 12.8 Å². The minimum atomic E-state index is -3.25. The standard InChI is InChI=1S/C19H39N5O2S/c1-5-20-18(21-15-19(2,3)23-27(4,25)26)22-16-11-13-24(14-12-16)17-9-7-6-8-10-17/h16-17,23H,5-15H2,1-4H3,(H2,20,21,22). The first-order valence-corrected chi connectivity index (χ1v) is 12.4. The van der Waals surface area contributed by atoms with Crippen LogP contribution in [-0.2, 0) is 10.0 Å². The lowest BCUT2D eigenvalue weighted by Crippen LogP contribution is -2.51. The van der Waals surface area contributed by atoms with Crippen LogP contribution in [0.25, 0.3) is 0 Å². The maximum absolute atomic E-state index is 11.5. The molecule has 0 spiro atoms. The van der Waals surface area contributed by atoms with E-state index in [4.69, 9.17) is 0 Å². The van der Waals surface area contributed by atoms with E-state index in [0.717, 1.165) is 44.5 Å². The molecule has 2 aliphatic rings. The minimum Gasteiger partial charge on any atom is -0.357 e. The molecule has 1 saturated carbocycles. The van der Waals surface area contributed by atoms with E-state index in [9.17, 15) is 8.42 Å². The summed E-state index contributed by atoms with van der Waals surface area (Å²) < 4.78 is 25.6. The van der Waals surface area contributed by atoms with Crippen LogP contribution in [0.15, 0.2) is 4.99 Å². The highest BCUT2D eigenvalue weighted by molar-refractivity contribution is 7.88. The van der Waals surface area contributed by atoms with Gasteiger partial charge in [0.25, 0.3) is 0 Å². The number of nitrogens with zero attached hydrogens (tertiary/aromatic N) is 2. The van der Waals surface area contributed by atoms with Gasteiger partial charge in [0.2, 0.25) is 10.0 Å². The van der Waals surface area contributed by atoms with E-state index in [1.54, 1.807) is 0 Å². The van der Waals surface area contributed by atoms with Crippen molar-refractivity contribution in [1.29, 1.82) is 0 Å². The number of guanidine groups is 1. The summed E-state index contributed by atoms with van der Waals surface area (Å²) in [5.41, 5.74) is -0.611. The lowest BCUT2D eigenvalue weighted by molar-refractivity contribution is 0.119. The number of aliphatic imine (C=N–C) groups is 1. The number of sulfonamides is 1. The fourth-order valence-corrected chi connectivity index (χ4v) is 5.25. The fraction of sp³-hybridized carbons (Fsp3) is 0.947. The van der Waals surface area contributed by atoms with Gasteiger partial charge < -0.3 is 15.5 Å². The van der Waals surface area contributed by atoms with Crippen LogP contribution < -0.4 is 15.4 Å². The van der Waals surface area contributed by atoms with E-state index in [2.05, 4.69) is 25.2 Å². The molecule has 1 aliphatic carbocycles. The Labute approximate surface area is 165 Å². The van der Waals surface area contributed by atoms with Crippen molar-refractivity contribution in [3.05, 3.63) is 0 Å². The normalized spacial score (nSPS) is 22.0. The number of rotatable bonds is 7. The van der Waals surface area contributed by atoms with Crippen LogP contribution in [0.1, 0.15) is 65.7 Å². The molecule has 0 radical (unpaired) electrons. The van der Waals surface area contributed by atoms with Crippen molar-refractivity contribution in [2.75, 3.05) is 32.4 Å². The minimum absolute atomic E-state index is 0.385. The predicted molar refractivity (Wildman–Crippen MR) is 113 cm³/mol. The van der Waals surface area contributed by atoms with Gasteiger partial charge in [-0.05, 0) is 46.5 Å². The lowest BCUT2D eigenvalue weighted by Gasteiger charge is -2.39. The third-order valence-corrected chi connectivity index (χ3v) is 6.32. The van der Waals surface area contributed by atoms with Gasteiger partial charge in [-0.25, -0.2) is 13.1 Å². The molecule has 0 bridgehead atoms. The molecule has 0 unspecified atom stereocenters. The molecule has 0 aromatic carbocycles. The zero-order chi connectivity index (χ0) is 19.9. The lowest BCUT2D eigenvalue weighted by atomic mass is 9.92. The quantitative estimate of drug-likeness (QED) is 0.446. The van der Waals surface area contributed by atoms with Crippen LogP contribution in [0.4, 0.5) is 0 Å². The molecule has 0 aromatic rings. The van der Waals surface area contributed by atoms with Crippen molar-refractivity contribution >= 4 is 16.0 Å². The summed E-state index contributed by atoms with van der Waals surface area (Å²) in [5.74, 6) is 0.775. The van der Waals surface area contributed by atoms with Gasteiger partial charge in [-0.15, -0.1) is 0 Å². The smallest absolute Gasteiger partial charge is 0.209 e. The Morgan fingerprint density at radius 3 is 2.30 bits per heavy atom. The molecule has 27 heavy (non-hydrogen) atoms. The zero-order valence-electron chi connectivity index (χ0n) is 17.6. The van der Waals surface area contributed by atoms with Gasteiger partial charge in [0.15, 0.2) is 5.96 Å². The summed E-state index contributed by atoms with van der Waals surface area (Å²) in [6.45, 7) is 9.23. The van der Waals surface area contributed by atoms with E-state index in [1.165, 1.54) is 38.4 Å². The highest BCUT2D eigenvalue weighted by Gasteiger charge is 2.27. The highest BCUT2D eigenvalue weighted by Crippen LogP contribution is 2.25. The number of nitrogens with one attached hydrogen (secondary N) is 3. The second kappa shape index (κ2) is 10.1. The summed E-state index contributed by atoms with van der Waals surface area (Å²) >= 11 is 0. The number of likely N-dealkylation sites (tertiary alicyclic amines) is 1. The molecule has 1 saturated heterocycles. The SMILES string of the molecule is CCNC(=NCC(C)(C)NS(C)(=O)=O)NC1CCN(C2CCCCC2)CC1. The van der Waals surface area contributed by atoms with Crippen molar-refractivity contribution in [3.63, 3.8) is 0 Å². The number of hydrogen-bond acceptors (Lipinski definition) is 4. The Morgan fingerprint density at radius 1 is 1.11 bits per heavy atom. The van der Waals surface area contributed by atoms with Crippen LogP contribution in [-0.4, -0.2) is 69.3 Å². The van der Waals surface area contributed by atoms with Crippen molar-refractivity contribution < 1.29 is 8.42 Å². The van der Waals surface area contributed by atoms with Crippen LogP contribution in [0, 0.1) is 0 Å². The van der Waals surface area contributed by atoms with E-state index in [-0.39, 0.29) is 0 Å². The van der Waals surface area contributed by atoms with Crippen molar-refractivity contribution in [2.45, 2.75) is 83.3 Å². The van der Waals surface area contributed by atoms with Gasteiger partial charge in [-0.2, -0.15) is 0 Å². The van der Waals surface area contributed by atoms with Gasteiger partial charge in [0.1, 0.15) is 0 Å². The molecule has 0 aromatic heterocycles. The summed E-state index contributed by atoms with van der Waals surface area (Å²) in [7, 11) is -3.25. The summed E-state index contributed by atoms with van der Waals surface area (Å²) in [6.07, 6.45) is 10.4. The second-order valence-electron chi connectivity index (χ2n) is 8.70. The maximum Gasteiger partial charge on any atom is 0.209 e. The van der Waals surface area contributed by atoms with Crippen molar-refractivity contribution in [2.24, 2.45) is 4.99 Å². The van der Waals surface area contributed by atoms with E-state index in [0.29, 0.717) is 12.6 Å². The van der Waals surface area contributed by atoms with Gasteiger partial charge in [-0.3, -0.25) is 4.99 Å². The topological polar surface area (TPSA) is 85.8 Å². The third kappa shape index (κ3) is 8.35. The zero-order valence-corrected chi connectivity index (χ0v) is 18.4. The molecule has 3 N–H and O–H groups in total. The largest absolute Gasteiger partial charge is 0.357 e. The molecular weight excluding hydrogens is 362 g/mol. The number of hydrogen-bond donors (Lipinski definition) is 3. The fourth-order valence-electron chi connectivity index (χ4n) is 4.18. The molecule has 8 heteroatoms. The number of piperidine rings is 1. The van der Waals surface area contributed by atoms with Crippen molar-refractivity contribution in [1.82, 2.24) is 20.3 Å². The van der Waals surface area contributed by atoms with E-state index in [1.807, 2.05) is 20.8 Å². The molecular formula is C19H39N5O2S. The van der Waals surface area contributed by atoms with Crippen LogP contribution >= 0.6 is 0 Å². The Bertz CT molecular complexity index is 577. The third-order valence-electron chi connectivity index (χ3n) is 5.40. The molecule has 1 heterocycles. The molecule has 7 nitrogen and oxygen atoms in total. The van der Waals surface area contributed by atoms with Crippen molar-refractivity contribution in [3.8, 4) is 0 Å². The van der Waals surface area contributed by atoms with Crippen LogP contribution in [0.3, 0.4) is 0 Å². The first-order chi connectivity index (χ1) is 12.7. The summed E-state index contributed by atoms with van der Waals surface area (Å²) in [4.78, 5) is 7.31. The van der Waals surface area contributed by atoms with Gasteiger partial charge in [0, 0.05) is 37.3 Å². The Morgan fingerprint density at radius 2 is 1.74 bits per heavy atom. The van der Waals surface area contributed by atoms with Gasteiger partial charge in [-0.1, -0.05) is 19.3 Å². The van der Waals surface area contributed by atoms with Gasteiger partial charge >= 0.3 is 0 Å². The summed E-state index contributed by atoms with van der Waals surface area (Å²) in [6, 6.07) is 1.22. The average molecular weight is 402 g/mol. The molecule has 158 valence electrons. The van der Waals surface area contributed by atoms with Crippen LogP contribution in [0.5, 0.6) is 0 Å². The van der Waals surface area contributed by atoms with E-state index < -0.39 is 15.6 Å². The van der Waals surface area contributed by atoms with Crippen LogP contribution in [0.2, 0.25) is 0 Å².